The summed E-state index contributed by atoms with van der Waals surface area (Å²) < 4.78 is 37.2. The predicted molar refractivity (Wildman–Crippen MR) is 63.0 cm³/mol. The van der Waals surface area contributed by atoms with E-state index in [1.807, 2.05) is 6.92 Å². The second kappa shape index (κ2) is 6.59. The topological polar surface area (TPSA) is 15.3 Å². The number of piperidine rings is 1. The van der Waals surface area contributed by atoms with Gasteiger partial charge >= 0.3 is 6.18 Å². The highest BCUT2D eigenvalue weighted by Crippen LogP contribution is 2.19. The first-order chi connectivity index (χ1) is 7.90. The Balaban J connectivity index is 2.42. The van der Waals surface area contributed by atoms with Crippen LogP contribution in [0.4, 0.5) is 13.2 Å². The molecule has 1 heterocycles. The Morgan fingerprint density at radius 1 is 1.35 bits per heavy atom. The van der Waals surface area contributed by atoms with Crippen molar-refractivity contribution >= 4 is 0 Å². The monoisotopic (exact) mass is 252 g/mol. The maximum absolute atomic E-state index is 12.4. The number of nitrogens with zero attached hydrogens (tertiary/aromatic N) is 1. The van der Waals surface area contributed by atoms with E-state index in [-0.39, 0.29) is 6.04 Å². The molecule has 1 fully saturated rings. The molecule has 102 valence electrons. The van der Waals surface area contributed by atoms with Crippen LogP contribution in [0.5, 0.6) is 0 Å². The summed E-state index contributed by atoms with van der Waals surface area (Å²) in [6, 6.07) is 0.215. The lowest BCUT2D eigenvalue weighted by atomic mass is 9.94. The maximum Gasteiger partial charge on any atom is 0.401 e. The van der Waals surface area contributed by atoms with Gasteiger partial charge in [0.1, 0.15) is 0 Å². The van der Waals surface area contributed by atoms with E-state index < -0.39 is 12.7 Å². The first kappa shape index (κ1) is 14.8. The van der Waals surface area contributed by atoms with Crippen molar-refractivity contribution in [3.63, 3.8) is 0 Å². The largest absolute Gasteiger partial charge is 0.401 e. The summed E-state index contributed by atoms with van der Waals surface area (Å²) in [5.74, 6) is 0.621. The summed E-state index contributed by atoms with van der Waals surface area (Å²) in [5.41, 5.74) is 0. The lowest BCUT2D eigenvalue weighted by Crippen LogP contribution is -2.47. The van der Waals surface area contributed by atoms with Crippen molar-refractivity contribution in [2.24, 2.45) is 5.92 Å². The molecule has 0 aromatic heterocycles. The summed E-state index contributed by atoms with van der Waals surface area (Å²) in [6.45, 7) is 5.26. The minimum Gasteiger partial charge on any atom is -0.313 e. The Hall–Kier alpha value is -0.290. The third kappa shape index (κ3) is 6.27. The standard InChI is InChI=1S/C12H23F3N2/c1-3-6-17(9-12(13,14)15)8-11-7-10(2)4-5-16-11/h10-11,16H,3-9H2,1-2H3. The zero-order valence-corrected chi connectivity index (χ0v) is 10.7. The fraction of sp³-hybridized carbons (Fsp3) is 1.00. The summed E-state index contributed by atoms with van der Waals surface area (Å²) in [4.78, 5) is 1.52. The molecule has 1 N–H and O–H groups in total. The molecule has 0 aliphatic carbocycles. The smallest absolute Gasteiger partial charge is 0.313 e. The third-order valence-electron chi connectivity index (χ3n) is 3.18. The molecule has 1 aliphatic rings. The van der Waals surface area contributed by atoms with Crippen LogP contribution < -0.4 is 5.32 Å². The van der Waals surface area contributed by atoms with Crippen molar-refractivity contribution in [1.82, 2.24) is 10.2 Å². The molecule has 0 saturated carbocycles. The molecule has 17 heavy (non-hydrogen) atoms. The second-order valence-corrected chi connectivity index (χ2v) is 5.13. The van der Waals surface area contributed by atoms with Gasteiger partial charge in [0.15, 0.2) is 0 Å². The molecule has 5 heteroatoms. The van der Waals surface area contributed by atoms with Gasteiger partial charge in [-0.25, -0.2) is 0 Å². The lowest BCUT2D eigenvalue weighted by molar-refractivity contribution is -0.146. The SMILES string of the molecule is CCCN(CC1CC(C)CCN1)CC(F)(F)F. The van der Waals surface area contributed by atoms with Crippen molar-refractivity contribution in [3.05, 3.63) is 0 Å². The number of alkyl halides is 3. The average Bonchev–Trinajstić information content (AvgIpc) is 2.15. The zero-order valence-electron chi connectivity index (χ0n) is 10.7. The predicted octanol–water partition coefficient (Wildman–Crippen LogP) is 2.65. The summed E-state index contributed by atoms with van der Waals surface area (Å²) in [5, 5.41) is 3.32. The third-order valence-corrected chi connectivity index (χ3v) is 3.18. The van der Waals surface area contributed by atoms with Crippen molar-refractivity contribution in [1.29, 1.82) is 0 Å². The minimum atomic E-state index is -4.09. The Bertz CT molecular complexity index is 218. The van der Waals surface area contributed by atoms with E-state index in [1.165, 1.54) is 4.90 Å². The molecule has 0 aromatic rings. The molecular formula is C12H23F3N2. The van der Waals surface area contributed by atoms with Crippen LogP contribution in [0.25, 0.3) is 0 Å². The van der Waals surface area contributed by atoms with Gasteiger partial charge in [0.05, 0.1) is 6.54 Å². The fourth-order valence-corrected chi connectivity index (χ4v) is 2.48. The molecule has 2 nitrogen and oxygen atoms in total. The Morgan fingerprint density at radius 3 is 2.59 bits per heavy atom. The van der Waals surface area contributed by atoms with Crippen LogP contribution in [0.2, 0.25) is 0 Å². The van der Waals surface area contributed by atoms with Crippen LogP contribution in [0.3, 0.4) is 0 Å². The van der Waals surface area contributed by atoms with Crippen LogP contribution >= 0.6 is 0 Å². The van der Waals surface area contributed by atoms with Crippen LogP contribution in [0, 0.1) is 5.92 Å². The van der Waals surface area contributed by atoms with Gasteiger partial charge in [0.2, 0.25) is 0 Å². The van der Waals surface area contributed by atoms with E-state index in [1.54, 1.807) is 0 Å². The van der Waals surface area contributed by atoms with Crippen molar-refractivity contribution in [2.45, 2.75) is 45.3 Å². The van der Waals surface area contributed by atoms with E-state index in [4.69, 9.17) is 0 Å². The highest BCUT2D eigenvalue weighted by molar-refractivity contribution is 4.80. The van der Waals surface area contributed by atoms with Gasteiger partial charge in [-0.05, 0) is 38.3 Å². The van der Waals surface area contributed by atoms with Crippen LogP contribution in [-0.4, -0.2) is 43.3 Å². The van der Waals surface area contributed by atoms with E-state index in [0.29, 0.717) is 19.0 Å². The van der Waals surface area contributed by atoms with E-state index >= 15 is 0 Å². The molecule has 2 atom stereocenters. The molecule has 0 amide bonds. The van der Waals surface area contributed by atoms with Gasteiger partial charge in [-0.2, -0.15) is 13.2 Å². The Kier molecular flexibility index (Phi) is 5.73. The van der Waals surface area contributed by atoms with Crippen LogP contribution in [0.1, 0.15) is 33.1 Å². The van der Waals surface area contributed by atoms with Gasteiger partial charge in [-0.1, -0.05) is 13.8 Å². The normalized spacial score (nSPS) is 26.5. The summed E-state index contributed by atoms with van der Waals surface area (Å²) >= 11 is 0. The molecule has 1 aliphatic heterocycles. The van der Waals surface area contributed by atoms with Crippen LogP contribution in [-0.2, 0) is 0 Å². The average molecular weight is 252 g/mol. The maximum atomic E-state index is 12.4. The molecule has 2 unspecified atom stereocenters. The zero-order chi connectivity index (χ0) is 12.9. The van der Waals surface area contributed by atoms with Gasteiger partial charge in [-0.15, -0.1) is 0 Å². The van der Waals surface area contributed by atoms with Gasteiger partial charge < -0.3 is 5.32 Å². The molecular weight excluding hydrogens is 229 g/mol. The molecule has 0 aromatic carbocycles. The fourth-order valence-electron chi connectivity index (χ4n) is 2.48. The molecule has 1 rings (SSSR count). The van der Waals surface area contributed by atoms with Gasteiger partial charge in [-0.3, -0.25) is 4.90 Å². The quantitative estimate of drug-likeness (QED) is 0.809. The molecule has 0 bridgehead atoms. The van der Waals surface area contributed by atoms with Crippen molar-refractivity contribution in [3.8, 4) is 0 Å². The van der Waals surface area contributed by atoms with E-state index in [2.05, 4.69) is 12.2 Å². The van der Waals surface area contributed by atoms with E-state index in [0.717, 1.165) is 25.8 Å². The number of nitrogens with one attached hydrogen (secondary N) is 1. The first-order valence-electron chi connectivity index (χ1n) is 6.43. The molecule has 0 spiro atoms. The first-order valence-corrected chi connectivity index (χ1v) is 6.43. The number of hydrogen-bond donors (Lipinski definition) is 1. The van der Waals surface area contributed by atoms with Gasteiger partial charge in [0, 0.05) is 12.6 Å². The summed E-state index contributed by atoms with van der Waals surface area (Å²) in [7, 11) is 0. The van der Waals surface area contributed by atoms with Crippen molar-refractivity contribution < 1.29 is 13.2 Å². The second-order valence-electron chi connectivity index (χ2n) is 5.13. The molecule has 0 radical (unpaired) electrons. The Labute approximate surface area is 102 Å². The van der Waals surface area contributed by atoms with E-state index in [9.17, 15) is 13.2 Å². The lowest BCUT2D eigenvalue weighted by Gasteiger charge is -2.33. The minimum absolute atomic E-state index is 0.215. The van der Waals surface area contributed by atoms with Crippen LogP contribution in [0.15, 0.2) is 0 Å². The highest BCUT2D eigenvalue weighted by Gasteiger charge is 2.31. The number of halogens is 3. The van der Waals surface area contributed by atoms with Gasteiger partial charge in [0.25, 0.3) is 0 Å². The summed E-state index contributed by atoms with van der Waals surface area (Å²) in [6.07, 6.45) is -1.21. The highest BCUT2D eigenvalue weighted by atomic mass is 19.4. The molecule has 1 saturated heterocycles. The Morgan fingerprint density at radius 2 is 2.06 bits per heavy atom. The van der Waals surface area contributed by atoms with Crippen molar-refractivity contribution in [2.75, 3.05) is 26.2 Å². The number of rotatable bonds is 5. The number of hydrogen-bond acceptors (Lipinski definition) is 2.